The summed E-state index contributed by atoms with van der Waals surface area (Å²) in [6, 6.07) is 8.47. The van der Waals surface area contributed by atoms with Crippen molar-refractivity contribution in [3.8, 4) is 0 Å². The Morgan fingerprint density at radius 1 is 1.33 bits per heavy atom. The highest BCUT2D eigenvalue weighted by atomic mass is 127. The molecule has 0 aliphatic heterocycles. The van der Waals surface area contributed by atoms with Crippen LogP contribution < -0.4 is 5.32 Å². The lowest BCUT2D eigenvalue weighted by molar-refractivity contribution is 0.623. The minimum Gasteiger partial charge on any atom is -0.379 e. The molecule has 0 amide bonds. The van der Waals surface area contributed by atoms with Gasteiger partial charge in [-0.1, -0.05) is 6.07 Å². The highest BCUT2D eigenvalue weighted by molar-refractivity contribution is 14.1. The first kappa shape index (κ1) is 13.4. The van der Waals surface area contributed by atoms with E-state index in [0.717, 1.165) is 18.8 Å². The second kappa shape index (κ2) is 5.73. The molecule has 18 heavy (non-hydrogen) atoms. The number of anilines is 1. The summed E-state index contributed by atoms with van der Waals surface area (Å²) in [6.45, 7) is 8.03. The molecule has 0 atom stereocenters. The van der Waals surface area contributed by atoms with E-state index in [-0.39, 0.29) is 0 Å². The molecule has 0 aliphatic carbocycles. The molecule has 2 rings (SSSR count). The van der Waals surface area contributed by atoms with Gasteiger partial charge in [0.05, 0.1) is 17.9 Å². The Labute approximate surface area is 122 Å². The number of hydrogen-bond acceptors (Lipinski definition) is 2. The van der Waals surface area contributed by atoms with E-state index >= 15 is 0 Å². The van der Waals surface area contributed by atoms with Gasteiger partial charge in [0.25, 0.3) is 0 Å². The van der Waals surface area contributed by atoms with E-state index in [1.807, 2.05) is 11.6 Å². The van der Waals surface area contributed by atoms with Crippen molar-refractivity contribution < 1.29 is 0 Å². The third-order valence-electron chi connectivity index (χ3n) is 3.01. The van der Waals surface area contributed by atoms with Crippen LogP contribution in [0.5, 0.6) is 0 Å². The van der Waals surface area contributed by atoms with Crippen LogP contribution in [0, 0.1) is 17.4 Å². The van der Waals surface area contributed by atoms with Crippen molar-refractivity contribution in [1.82, 2.24) is 9.78 Å². The molecule has 1 N–H and O–H groups in total. The summed E-state index contributed by atoms with van der Waals surface area (Å²) in [7, 11) is 0. The van der Waals surface area contributed by atoms with Gasteiger partial charge in [0.1, 0.15) is 0 Å². The van der Waals surface area contributed by atoms with E-state index in [2.05, 4.69) is 71.1 Å². The average Bonchev–Trinajstić information content (AvgIpc) is 2.71. The number of nitrogens with one attached hydrogen (secondary N) is 1. The summed E-state index contributed by atoms with van der Waals surface area (Å²) in [6.07, 6.45) is 0. The van der Waals surface area contributed by atoms with Gasteiger partial charge in [-0.15, -0.1) is 0 Å². The van der Waals surface area contributed by atoms with Gasteiger partial charge in [-0.05, 0) is 67.1 Å². The van der Waals surface area contributed by atoms with Crippen LogP contribution in [0.25, 0.3) is 0 Å². The van der Waals surface area contributed by atoms with Crippen molar-refractivity contribution in [2.75, 3.05) is 5.32 Å². The molecule has 1 heterocycles. The number of halogens is 1. The van der Waals surface area contributed by atoms with Gasteiger partial charge in [-0.3, -0.25) is 4.68 Å². The standard InChI is InChI=1S/C14H18IN3/c1-4-18-12(8-10(2)17-18)9-16-14-7-5-6-13(15)11(14)3/h5-8,16H,4,9H2,1-3H3. The Hall–Kier alpha value is -1.04. The molecule has 0 saturated carbocycles. The SMILES string of the molecule is CCn1nc(C)cc1CNc1cccc(I)c1C. The predicted molar refractivity (Wildman–Crippen MR) is 83.9 cm³/mol. The molecule has 2 aromatic rings. The molecule has 0 saturated heterocycles. The van der Waals surface area contributed by atoms with Crippen LogP contribution in [0.2, 0.25) is 0 Å². The summed E-state index contributed by atoms with van der Waals surface area (Å²) < 4.78 is 3.34. The molecule has 0 aliphatic rings. The van der Waals surface area contributed by atoms with Crippen LogP contribution in [-0.4, -0.2) is 9.78 Å². The average molecular weight is 355 g/mol. The highest BCUT2D eigenvalue weighted by Crippen LogP contribution is 2.21. The van der Waals surface area contributed by atoms with E-state index in [1.165, 1.54) is 20.5 Å². The first-order valence-corrected chi connectivity index (χ1v) is 7.22. The summed E-state index contributed by atoms with van der Waals surface area (Å²) in [5.74, 6) is 0. The smallest absolute Gasteiger partial charge is 0.0597 e. The van der Waals surface area contributed by atoms with Crippen LogP contribution in [0.3, 0.4) is 0 Å². The molecule has 4 heteroatoms. The van der Waals surface area contributed by atoms with E-state index in [0.29, 0.717) is 0 Å². The Morgan fingerprint density at radius 3 is 2.83 bits per heavy atom. The van der Waals surface area contributed by atoms with Crippen LogP contribution in [0.1, 0.15) is 23.9 Å². The summed E-state index contributed by atoms with van der Waals surface area (Å²) in [5.41, 5.74) is 4.81. The third kappa shape index (κ3) is 2.85. The fraction of sp³-hybridized carbons (Fsp3) is 0.357. The maximum absolute atomic E-state index is 4.46. The lowest BCUT2D eigenvalue weighted by Gasteiger charge is -2.11. The van der Waals surface area contributed by atoms with Gasteiger partial charge < -0.3 is 5.32 Å². The van der Waals surface area contributed by atoms with Crippen molar-refractivity contribution in [3.63, 3.8) is 0 Å². The first-order chi connectivity index (χ1) is 8.61. The summed E-state index contributed by atoms with van der Waals surface area (Å²) in [5, 5.41) is 7.95. The van der Waals surface area contributed by atoms with Crippen molar-refractivity contribution in [2.45, 2.75) is 33.9 Å². The third-order valence-corrected chi connectivity index (χ3v) is 4.18. The van der Waals surface area contributed by atoms with E-state index in [9.17, 15) is 0 Å². The number of benzene rings is 1. The van der Waals surface area contributed by atoms with E-state index in [1.54, 1.807) is 0 Å². The first-order valence-electron chi connectivity index (χ1n) is 6.14. The minimum atomic E-state index is 0.815. The summed E-state index contributed by atoms with van der Waals surface area (Å²) >= 11 is 2.36. The number of aryl methyl sites for hydroxylation is 2. The zero-order chi connectivity index (χ0) is 13.1. The summed E-state index contributed by atoms with van der Waals surface area (Å²) in [4.78, 5) is 0. The molecule has 3 nitrogen and oxygen atoms in total. The maximum atomic E-state index is 4.46. The topological polar surface area (TPSA) is 29.9 Å². The molecule has 0 fully saturated rings. The van der Waals surface area contributed by atoms with Gasteiger partial charge in [-0.25, -0.2) is 0 Å². The van der Waals surface area contributed by atoms with Crippen LogP contribution in [0.4, 0.5) is 5.69 Å². The lowest BCUT2D eigenvalue weighted by Crippen LogP contribution is -2.08. The van der Waals surface area contributed by atoms with Gasteiger partial charge in [0.15, 0.2) is 0 Å². The lowest BCUT2D eigenvalue weighted by atomic mass is 10.2. The van der Waals surface area contributed by atoms with Crippen molar-refractivity contribution in [1.29, 1.82) is 0 Å². The number of hydrogen-bond donors (Lipinski definition) is 1. The van der Waals surface area contributed by atoms with Crippen molar-refractivity contribution in [2.24, 2.45) is 0 Å². The molecule has 1 aromatic carbocycles. The maximum Gasteiger partial charge on any atom is 0.0597 e. The largest absolute Gasteiger partial charge is 0.379 e. The predicted octanol–water partition coefficient (Wildman–Crippen LogP) is 3.74. The van der Waals surface area contributed by atoms with Gasteiger partial charge in [0, 0.05) is 15.8 Å². The Bertz CT molecular complexity index is 546. The molecule has 0 spiro atoms. The van der Waals surface area contributed by atoms with Crippen LogP contribution >= 0.6 is 22.6 Å². The zero-order valence-corrected chi connectivity index (χ0v) is 13.2. The highest BCUT2D eigenvalue weighted by Gasteiger charge is 2.05. The molecule has 0 unspecified atom stereocenters. The van der Waals surface area contributed by atoms with E-state index < -0.39 is 0 Å². The zero-order valence-electron chi connectivity index (χ0n) is 11.0. The fourth-order valence-corrected chi connectivity index (χ4v) is 2.50. The second-order valence-corrected chi connectivity index (χ2v) is 5.52. The van der Waals surface area contributed by atoms with Gasteiger partial charge in [0.2, 0.25) is 0 Å². The van der Waals surface area contributed by atoms with Crippen molar-refractivity contribution >= 4 is 28.3 Å². The van der Waals surface area contributed by atoms with Gasteiger partial charge >= 0.3 is 0 Å². The Morgan fingerprint density at radius 2 is 2.11 bits per heavy atom. The fourth-order valence-electron chi connectivity index (χ4n) is 2.00. The van der Waals surface area contributed by atoms with Crippen LogP contribution in [0.15, 0.2) is 24.3 Å². The van der Waals surface area contributed by atoms with Crippen molar-refractivity contribution in [3.05, 3.63) is 44.8 Å². The normalized spacial score (nSPS) is 10.7. The molecule has 96 valence electrons. The number of rotatable bonds is 4. The van der Waals surface area contributed by atoms with E-state index in [4.69, 9.17) is 0 Å². The number of nitrogens with zero attached hydrogens (tertiary/aromatic N) is 2. The molecular formula is C14H18IN3. The number of aromatic nitrogens is 2. The quantitative estimate of drug-likeness (QED) is 0.847. The molecular weight excluding hydrogens is 337 g/mol. The Kier molecular flexibility index (Phi) is 4.27. The van der Waals surface area contributed by atoms with Gasteiger partial charge in [-0.2, -0.15) is 5.10 Å². The molecule has 1 aromatic heterocycles. The Balaban J connectivity index is 2.13. The minimum absolute atomic E-state index is 0.815. The monoisotopic (exact) mass is 355 g/mol. The molecule has 0 radical (unpaired) electrons. The molecule has 0 bridgehead atoms. The van der Waals surface area contributed by atoms with Crippen LogP contribution in [-0.2, 0) is 13.1 Å². The second-order valence-electron chi connectivity index (χ2n) is 4.36.